The summed E-state index contributed by atoms with van der Waals surface area (Å²) in [6.45, 7) is 7.37. The molecule has 2 heteroatoms. The smallest absolute Gasteiger partial charge is 0.00522 e. The van der Waals surface area contributed by atoms with E-state index in [0.29, 0.717) is 16.7 Å². The summed E-state index contributed by atoms with van der Waals surface area (Å²) in [4.78, 5) is 0. The van der Waals surface area contributed by atoms with Crippen LogP contribution in [0.3, 0.4) is 0 Å². The molecule has 0 radical (unpaired) electrons. The lowest BCUT2D eigenvalue weighted by atomic mass is 9.80. The largest absolute Gasteiger partial charge is 0.0622 e. The van der Waals surface area contributed by atoms with Crippen molar-refractivity contribution in [1.82, 2.24) is 0 Å². The van der Waals surface area contributed by atoms with E-state index in [0.717, 1.165) is 5.92 Å². The Balaban J connectivity index is 1.67. The Kier molecular flexibility index (Phi) is 7.53. The van der Waals surface area contributed by atoms with Crippen molar-refractivity contribution in [3.63, 3.8) is 0 Å². The molecule has 35 heavy (non-hydrogen) atoms. The van der Waals surface area contributed by atoms with Crippen LogP contribution in [0.2, 0.25) is 0 Å². The molecule has 0 N–H and O–H groups in total. The molecule has 3 atom stereocenters. The molecule has 1 fully saturated rings. The van der Waals surface area contributed by atoms with Gasteiger partial charge in [0, 0.05) is 0 Å². The SMILES string of the molecule is CC(C)(C)[C@H]1CC(P(c2ccccc2)c2ccccc2)[C@@H](P(c2ccccc2)c2ccccc2)C1. The molecule has 0 nitrogen and oxygen atoms in total. The fourth-order valence-corrected chi connectivity index (χ4v) is 12.4. The van der Waals surface area contributed by atoms with Gasteiger partial charge in [0.1, 0.15) is 0 Å². The normalized spacial score (nSPS) is 20.4. The molecule has 4 aromatic rings. The van der Waals surface area contributed by atoms with Crippen LogP contribution < -0.4 is 21.2 Å². The van der Waals surface area contributed by atoms with Gasteiger partial charge in [0.05, 0.1) is 0 Å². The van der Waals surface area contributed by atoms with Crippen LogP contribution in [0.5, 0.6) is 0 Å². The minimum absolute atomic E-state index is 0.315. The van der Waals surface area contributed by atoms with E-state index >= 15 is 0 Å². The van der Waals surface area contributed by atoms with Gasteiger partial charge in [-0.1, -0.05) is 142 Å². The van der Waals surface area contributed by atoms with Crippen LogP contribution in [0.4, 0.5) is 0 Å². The zero-order valence-corrected chi connectivity index (χ0v) is 22.9. The Morgan fingerprint density at radius 1 is 0.457 bits per heavy atom. The maximum atomic E-state index is 2.46. The van der Waals surface area contributed by atoms with E-state index in [1.54, 1.807) is 0 Å². The molecule has 4 aromatic carbocycles. The van der Waals surface area contributed by atoms with E-state index in [1.807, 2.05) is 0 Å². The van der Waals surface area contributed by atoms with Crippen LogP contribution in [-0.4, -0.2) is 11.3 Å². The van der Waals surface area contributed by atoms with Crippen molar-refractivity contribution in [1.29, 1.82) is 0 Å². The average Bonchev–Trinajstić information content (AvgIpc) is 3.32. The number of hydrogen-bond donors (Lipinski definition) is 0. The van der Waals surface area contributed by atoms with Crippen molar-refractivity contribution in [2.45, 2.75) is 44.9 Å². The third-order valence-electron chi connectivity index (χ3n) is 7.52. The zero-order valence-electron chi connectivity index (χ0n) is 21.1. The highest BCUT2D eigenvalue weighted by molar-refractivity contribution is 7.77. The van der Waals surface area contributed by atoms with Gasteiger partial charge in [-0.25, -0.2) is 0 Å². The van der Waals surface area contributed by atoms with Gasteiger partial charge in [-0.05, 0) is 72.6 Å². The lowest BCUT2D eigenvalue weighted by molar-refractivity contribution is 0.247. The molecule has 0 aromatic heterocycles. The fraction of sp³-hybridized carbons (Fsp3) is 0.273. The summed E-state index contributed by atoms with van der Waals surface area (Å²) in [7, 11) is -0.924. The molecule has 1 unspecified atom stereocenters. The van der Waals surface area contributed by atoms with Gasteiger partial charge >= 0.3 is 0 Å². The molecule has 0 bridgehead atoms. The van der Waals surface area contributed by atoms with Gasteiger partial charge < -0.3 is 0 Å². The first-order valence-corrected chi connectivity index (χ1v) is 15.6. The first kappa shape index (κ1) is 24.4. The first-order chi connectivity index (χ1) is 17.0. The van der Waals surface area contributed by atoms with Crippen molar-refractivity contribution in [2.75, 3.05) is 0 Å². The lowest BCUT2D eigenvalue weighted by Crippen LogP contribution is -2.31. The van der Waals surface area contributed by atoms with E-state index in [9.17, 15) is 0 Å². The predicted molar refractivity (Wildman–Crippen MR) is 158 cm³/mol. The van der Waals surface area contributed by atoms with Crippen LogP contribution in [-0.2, 0) is 0 Å². The Hall–Kier alpha value is -2.26. The topological polar surface area (TPSA) is 0 Å². The van der Waals surface area contributed by atoms with Gasteiger partial charge in [0.15, 0.2) is 0 Å². The monoisotopic (exact) mass is 494 g/mol. The molecule has 0 aliphatic heterocycles. The van der Waals surface area contributed by atoms with Crippen LogP contribution >= 0.6 is 15.8 Å². The van der Waals surface area contributed by atoms with Gasteiger partial charge in [-0.15, -0.1) is 0 Å². The zero-order chi connectivity index (χ0) is 24.3. The first-order valence-electron chi connectivity index (χ1n) is 12.8. The number of hydrogen-bond acceptors (Lipinski definition) is 0. The fourth-order valence-electron chi connectivity index (χ4n) is 5.67. The molecule has 178 valence electrons. The quantitative estimate of drug-likeness (QED) is 0.244. The highest BCUT2D eigenvalue weighted by Gasteiger charge is 2.47. The van der Waals surface area contributed by atoms with Gasteiger partial charge in [-0.3, -0.25) is 0 Å². The summed E-state index contributed by atoms with van der Waals surface area (Å²) in [6, 6.07) is 45.6. The average molecular weight is 495 g/mol. The Labute approximate surface area is 214 Å². The summed E-state index contributed by atoms with van der Waals surface area (Å²) in [5.41, 5.74) is 1.63. The van der Waals surface area contributed by atoms with E-state index < -0.39 is 15.8 Å². The molecule has 0 spiro atoms. The van der Waals surface area contributed by atoms with Crippen molar-refractivity contribution >= 4 is 37.1 Å². The lowest BCUT2D eigenvalue weighted by Gasteiger charge is -2.35. The standard InChI is InChI=1S/C33H36P2/c1-33(2,3)26-24-31(34(27-16-8-4-9-17-27)28-18-10-5-11-19-28)32(25-26)35(29-20-12-6-13-21-29)30-22-14-7-15-23-30/h4-23,26,31-32H,24-25H2,1-3H3/t26-,31+,32?/m1/s1. The molecule has 1 saturated carbocycles. The second-order valence-corrected chi connectivity index (χ2v) is 15.6. The van der Waals surface area contributed by atoms with Gasteiger partial charge in [0.25, 0.3) is 0 Å². The molecule has 1 aliphatic rings. The molecular weight excluding hydrogens is 458 g/mol. The molecule has 5 rings (SSSR count). The summed E-state index contributed by atoms with van der Waals surface area (Å²) in [5.74, 6) is 0.729. The van der Waals surface area contributed by atoms with E-state index in [2.05, 4.69) is 142 Å². The molecule has 0 heterocycles. The molecule has 0 saturated heterocycles. The Morgan fingerprint density at radius 2 is 0.714 bits per heavy atom. The summed E-state index contributed by atoms with van der Waals surface area (Å²) in [5, 5.41) is 6.09. The van der Waals surface area contributed by atoms with Crippen LogP contribution in [0.15, 0.2) is 121 Å². The highest BCUT2D eigenvalue weighted by Crippen LogP contribution is 2.61. The van der Waals surface area contributed by atoms with Crippen molar-refractivity contribution in [3.8, 4) is 0 Å². The van der Waals surface area contributed by atoms with Gasteiger partial charge in [-0.2, -0.15) is 0 Å². The minimum atomic E-state index is -0.462. The van der Waals surface area contributed by atoms with Crippen LogP contribution in [0.25, 0.3) is 0 Å². The van der Waals surface area contributed by atoms with Gasteiger partial charge in [0.2, 0.25) is 0 Å². The van der Waals surface area contributed by atoms with Crippen LogP contribution in [0.1, 0.15) is 33.6 Å². The minimum Gasteiger partial charge on any atom is -0.0622 e. The Morgan fingerprint density at radius 3 is 0.943 bits per heavy atom. The van der Waals surface area contributed by atoms with Crippen LogP contribution in [0, 0.1) is 11.3 Å². The predicted octanol–water partition coefficient (Wildman–Crippen LogP) is 7.45. The van der Waals surface area contributed by atoms with E-state index in [1.165, 1.54) is 34.1 Å². The highest BCUT2D eigenvalue weighted by atomic mass is 31.1. The second kappa shape index (κ2) is 10.8. The molecule has 0 amide bonds. The Bertz CT molecular complexity index is 1010. The molecule has 1 aliphatic carbocycles. The third-order valence-corrected chi connectivity index (χ3v) is 13.6. The van der Waals surface area contributed by atoms with E-state index in [4.69, 9.17) is 0 Å². The van der Waals surface area contributed by atoms with E-state index in [-0.39, 0.29) is 0 Å². The summed E-state index contributed by atoms with van der Waals surface area (Å²) >= 11 is 0. The number of benzene rings is 4. The van der Waals surface area contributed by atoms with Crippen molar-refractivity contribution in [3.05, 3.63) is 121 Å². The maximum Gasteiger partial charge on any atom is -0.00522 e. The number of rotatable bonds is 6. The van der Waals surface area contributed by atoms with Crippen molar-refractivity contribution < 1.29 is 0 Å². The summed E-state index contributed by atoms with van der Waals surface area (Å²) < 4.78 is 0. The summed E-state index contributed by atoms with van der Waals surface area (Å²) in [6.07, 6.45) is 2.62. The maximum absolute atomic E-state index is 2.46. The molecular formula is C33H36P2. The van der Waals surface area contributed by atoms with Crippen molar-refractivity contribution in [2.24, 2.45) is 11.3 Å². The second-order valence-electron chi connectivity index (χ2n) is 10.8. The third kappa shape index (κ3) is 5.45.